The zero-order chi connectivity index (χ0) is 14.7. The molecular formula is C14H14INO2S2. The van der Waals surface area contributed by atoms with Gasteiger partial charge in [0.05, 0.1) is 15.1 Å². The van der Waals surface area contributed by atoms with Crippen molar-refractivity contribution in [2.24, 2.45) is 0 Å². The monoisotopic (exact) mass is 419 g/mol. The van der Waals surface area contributed by atoms with E-state index in [9.17, 15) is 4.79 Å². The minimum absolute atomic E-state index is 0.00797. The van der Waals surface area contributed by atoms with Gasteiger partial charge in [0.15, 0.2) is 0 Å². The van der Waals surface area contributed by atoms with E-state index in [1.807, 2.05) is 38.1 Å². The highest BCUT2D eigenvalue weighted by molar-refractivity contribution is 14.1. The molecule has 0 saturated carbocycles. The van der Waals surface area contributed by atoms with Crippen LogP contribution in [0.3, 0.4) is 0 Å². The summed E-state index contributed by atoms with van der Waals surface area (Å²) in [4.78, 5) is 14.4. The average Bonchev–Trinajstić information content (AvgIpc) is 2.67. The van der Waals surface area contributed by atoms with E-state index in [1.54, 1.807) is 4.90 Å². The fraction of sp³-hybridized carbons (Fsp3) is 0.286. The second-order valence-electron chi connectivity index (χ2n) is 4.05. The van der Waals surface area contributed by atoms with Gasteiger partial charge >= 0.3 is 0 Å². The first-order valence-electron chi connectivity index (χ1n) is 6.24. The second kappa shape index (κ2) is 6.91. The number of halogens is 1. The molecule has 1 aromatic carbocycles. The molecule has 0 spiro atoms. The van der Waals surface area contributed by atoms with E-state index in [4.69, 9.17) is 17.0 Å². The molecule has 0 unspecified atom stereocenters. The first-order valence-corrected chi connectivity index (χ1v) is 8.54. The summed E-state index contributed by atoms with van der Waals surface area (Å²) in [6, 6.07) is 5.88. The van der Waals surface area contributed by atoms with Crippen molar-refractivity contribution >= 4 is 62.9 Å². The molecule has 1 fully saturated rings. The Balaban J connectivity index is 2.26. The van der Waals surface area contributed by atoms with E-state index in [0.29, 0.717) is 22.4 Å². The van der Waals surface area contributed by atoms with Gasteiger partial charge in [0, 0.05) is 6.54 Å². The van der Waals surface area contributed by atoms with Gasteiger partial charge in [-0.15, -0.1) is 0 Å². The molecule has 1 amide bonds. The molecule has 1 aliphatic rings. The van der Waals surface area contributed by atoms with Gasteiger partial charge in [-0.1, -0.05) is 30.0 Å². The number of hydrogen-bond donors (Lipinski definition) is 0. The van der Waals surface area contributed by atoms with Crippen LogP contribution in [0.2, 0.25) is 0 Å². The Morgan fingerprint density at radius 3 is 2.75 bits per heavy atom. The SMILES string of the molecule is CCOc1ccc(C=C2SC(=S)N(CC)C2=O)cc1I. The number of hydrogen-bond acceptors (Lipinski definition) is 4. The van der Waals surface area contributed by atoms with Crippen LogP contribution in [0.5, 0.6) is 5.75 Å². The maximum absolute atomic E-state index is 12.1. The number of rotatable bonds is 4. The molecule has 1 aromatic rings. The minimum atomic E-state index is -0.00797. The number of benzene rings is 1. The normalized spacial score (nSPS) is 17.1. The smallest absolute Gasteiger partial charge is 0.266 e. The molecule has 3 nitrogen and oxygen atoms in total. The predicted molar refractivity (Wildman–Crippen MR) is 95.9 cm³/mol. The van der Waals surface area contributed by atoms with Crippen LogP contribution < -0.4 is 4.74 Å². The third kappa shape index (κ3) is 3.35. The van der Waals surface area contributed by atoms with Gasteiger partial charge < -0.3 is 4.74 Å². The van der Waals surface area contributed by atoms with Crippen LogP contribution in [0.25, 0.3) is 6.08 Å². The summed E-state index contributed by atoms with van der Waals surface area (Å²) in [6.07, 6.45) is 1.88. The number of amides is 1. The third-order valence-corrected chi connectivity index (χ3v) is 4.96. The van der Waals surface area contributed by atoms with Gasteiger partial charge in [0.2, 0.25) is 0 Å². The molecule has 2 rings (SSSR count). The average molecular weight is 419 g/mol. The highest BCUT2D eigenvalue weighted by Crippen LogP contribution is 2.33. The summed E-state index contributed by atoms with van der Waals surface area (Å²) in [5, 5.41) is 0. The fourth-order valence-electron chi connectivity index (χ4n) is 1.80. The van der Waals surface area contributed by atoms with Gasteiger partial charge in [-0.25, -0.2) is 0 Å². The van der Waals surface area contributed by atoms with Crippen molar-refractivity contribution in [1.82, 2.24) is 4.90 Å². The summed E-state index contributed by atoms with van der Waals surface area (Å²) in [7, 11) is 0. The quantitative estimate of drug-likeness (QED) is 0.421. The highest BCUT2D eigenvalue weighted by atomic mass is 127. The zero-order valence-electron chi connectivity index (χ0n) is 11.2. The topological polar surface area (TPSA) is 29.5 Å². The van der Waals surface area contributed by atoms with Crippen LogP contribution in [-0.2, 0) is 4.79 Å². The molecule has 106 valence electrons. The molecule has 1 aliphatic heterocycles. The zero-order valence-corrected chi connectivity index (χ0v) is 15.0. The first-order chi connectivity index (χ1) is 9.56. The van der Waals surface area contributed by atoms with Crippen molar-refractivity contribution in [3.8, 4) is 5.75 Å². The molecule has 20 heavy (non-hydrogen) atoms. The number of carbonyl (C=O) groups excluding carboxylic acids is 1. The number of nitrogens with zero attached hydrogens (tertiary/aromatic N) is 1. The molecule has 0 atom stereocenters. The van der Waals surface area contributed by atoms with E-state index < -0.39 is 0 Å². The Morgan fingerprint density at radius 1 is 1.45 bits per heavy atom. The summed E-state index contributed by atoms with van der Waals surface area (Å²) >= 11 is 8.79. The van der Waals surface area contributed by atoms with E-state index >= 15 is 0 Å². The standard InChI is InChI=1S/C14H14INO2S2/c1-3-16-13(17)12(20-14(16)19)8-9-5-6-11(18-4-2)10(15)7-9/h5-8H,3-4H2,1-2H3. The lowest BCUT2D eigenvalue weighted by Gasteiger charge is -2.09. The molecule has 0 aliphatic carbocycles. The first kappa shape index (κ1) is 15.8. The number of ether oxygens (including phenoxy) is 1. The van der Waals surface area contributed by atoms with Gasteiger partial charge in [0.1, 0.15) is 10.1 Å². The lowest BCUT2D eigenvalue weighted by Crippen LogP contribution is -2.27. The Morgan fingerprint density at radius 2 is 2.20 bits per heavy atom. The van der Waals surface area contributed by atoms with Crippen LogP contribution in [0, 0.1) is 3.57 Å². The Labute approximate surface area is 141 Å². The van der Waals surface area contributed by atoms with E-state index in [0.717, 1.165) is 14.9 Å². The maximum Gasteiger partial charge on any atom is 0.266 e. The molecule has 0 bridgehead atoms. The summed E-state index contributed by atoms with van der Waals surface area (Å²) in [5.74, 6) is 0.859. The number of likely N-dealkylation sites (N-methyl/N-ethyl adjacent to an activating group) is 1. The van der Waals surface area contributed by atoms with Gasteiger partial charge in [-0.3, -0.25) is 9.69 Å². The number of carbonyl (C=O) groups is 1. The van der Waals surface area contributed by atoms with Crippen molar-refractivity contribution in [3.63, 3.8) is 0 Å². The lowest BCUT2D eigenvalue weighted by molar-refractivity contribution is -0.121. The molecule has 6 heteroatoms. The van der Waals surface area contributed by atoms with Crippen molar-refractivity contribution < 1.29 is 9.53 Å². The summed E-state index contributed by atoms with van der Waals surface area (Å²) in [5.41, 5.74) is 0.981. The van der Waals surface area contributed by atoms with Crippen LogP contribution in [0.1, 0.15) is 19.4 Å². The molecule has 1 heterocycles. The summed E-state index contributed by atoms with van der Waals surface area (Å²) in [6.45, 7) is 5.14. The fourth-order valence-corrected chi connectivity index (χ4v) is 3.88. The van der Waals surface area contributed by atoms with E-state index in [-0.39, 0.29) is 5.91 Å². The second-order valence-corrected chi connectivity index (χ2v) is 6.89. The van der Waals surface area contributed by atoms with Crippen molar-refractivity contribution in [2.75, 3.05) is 13.2 Å². The molecule has 0 radical (unpaired) electrons. The molecule has 0 N–H and O–H groups in total. The van der Waals surface area contributed by atoms with E-state index in [2.05, 4.69) is 22.6 Å². The van der Waals surface area contributed by atoms with Crippen LogP contribution in [-0.4, -0.2) is 28.3 Å². The number of thiocarbonyl (C=S) groups is 1. The number of thioether (sulfide) groups is 1. The van der Waals surface area contributed by atoms with Crippen molar-refractivity contribution in [3.05, 3.63) is 32.2 Å². The van der Waals surface area contributed by atoms with Crippen molar-refractivity contribution in [1.29, 1.82) is 0 Å². The van der Waals surface area contributed by atoms with Gasteiger partial charge in [-0.05, 0) is 60.2 Å². The van der Waals surface area contributed by atoms with Crippen molar-refractivity contribution in [2.45, 2.75) is 13.8 Å². The lowest BCUT2D eigenvalue weighted by atomic mass is 10.2. The third-order valence-electron chi connectivity index (χ3n) is 2.74. The maximum atomic E-state index is 12.1. The van der Waals surface area contributed by atoms with Gasteiger partial charge in [0.25, 0.3) is 5.91 Å². The Bertz CT molecular complexity index is 587. The predicted octanol–water partition coefficient (Wildman–Crippen LogP) is 3.91. The highest BCUT2D eigenvalue weighted by Gasteiger charge is 2.30. The van der Waals surface area contributed by atoms with Crippen LogP contribution in [0.4, 0.5) is 0 Å². The van der Waals surface area contributed by atoms with Gasteiger partial charge in [-0.2, -0.15) is 0 Å². The largest absolute Gasteiger partial charge is 0.493 e. The Kier molecular flexibility index (Phi) is 5.45. The molecular weight excluding hydrogens is 405 g/mol. The van der Waals surface area contributed by atoms with Crippen LogP contribution >= 0.6 is 46.6 Å². The summed E-state index contributed by atoms with van der Waals surface area (Å²) < 4.78 is 7.17. The molecule has 0 aromatic heterocycles. The van der Waals surface area contributed by atoms with Crippen LogP contribution in [0.15, 0.2) is 23.1 Å². The van der Waals surface area contributed by atoms with E-state index in [1.165, 1.54) is 11.8 Å². The Hall–Kier alpha value is -0.600. The molecule has 1 saturated heterocycles. The minimum Gasteiger partial charge on any atom is -0.493 e.